The van der Waals surface area contributed by atoms with Crippen LogP contribution in [0.2, 0.25) is 0 Å². The lowest BCUT2D eigenvalue weighted by atomic mass is 9.94. The average Bonchev–Trinajstić information content (AvgIpc) is 2.90. The Bertz CT molecular complexity index is 255. The predicted octanol–water partition coefficient (Wildman–Crippen LogP) is 2.50. The second-order valence-corrected chi connectivity index (χ2v) is 5.47. The molecule has 3 heteroatoms. The van der Waals surface area contributed by atoms with Gasteiger partial charge in [0, 0.05) is 0 Å². The van der Waals surface area contributed by atoms with Crippen LogP contribution in [0, 0.1) is 11.8 Å². The fourth-order valence-electron chi connectivity index (χ4n) is 3.24. The van der Waals surface area contributed by atoms with Gasteiger partial charge in [0.15, 0.2) is 0 Å². The lowest BCUT2D eigenvalue weighted by Crippen LogP contribution is -2.37. The van der Waals surface area contributed by atoms with Gasteiger partial charge in [-0.3, -0.25) is 4.79 Å². The van der Waals surface area contributed by atoms with Crippen molar-refractivity contribution in [2.24, 2.45) is 11.8 Å². The summed E-state index contributed by atoms with van der Waals surface area (Å²) in [6, 6.07) is -0.00586. The smallest absolute Gasteiger partial charge is 0.323 e. The molecule has 0 amide bonds. The lowest BCUT2D eigenvalue weighted by Gasteiger charge is -2.16. The highest BCUT2D eigenvalue weighted by Crippen LogP contribution is 2.37. The minimum Gasteiger partial charge on any atom is -0.465 e. The molecule has 3 atom stereocenters. The number of unbranched alkanes of at least 4 members (excludes halogenated alkanes) is 3. The molecule has 0 spiro atoms. The first-order chi connectivity index (χ1) is 8.33. The molecule has 17 heavy (non-hydrogen) atoms. The van der Waals surface area contributed by atoms with Crippen molar-refractivity contribution in [2.75, 3.05) is 13.2 Å². The minimum atomic E-state index is -0.00586. The van der Waals surface area contributed by atoms with E-state index in [0.717, 1.165) is 18.9 Å². The summed E-state index contributed by atoms with van der Waals surface area (Å²) >= 11 is 0. The largest absolute Gasteiger partial charge is 0.465 e. The van der Waals surface area contributed by atoms with Gasteiger partial charge in [0.2, 0.25) is 0 Å². The zero-order chi connectivity index (χ0) is 12.1. The third-order valence-corrected chi connectivity index (χ3v) is 4.24. The van der Waals surface area contributed by atoms with E-state index in [-0.39, 0.29) is 12.0 Å². The van der Waals surface area contributed by atoms with Crippen molar-refractivity contribution in [3.63, 3.8) is 0 Å². The Balaban J connectivity index is 1.66. The molecule has 0 radical (unpaired) electrons. The molecular formula is C14H25NO2. The third-order valence-electron chi connectivity index (χ3n) is 4.24. The van der Waals surface area contributed by atoms with Gasteiger partial charge in [-0.05, 0) is 37.6 Å². The number of carbonyl (C=O) groups excluding carboxylic acids is 1. The summed E-state index contributed by atoms with van der Waals surface area (Å²) in [6.07, 6.45) is 8.43. The maximum absolute atomic E-state index is 11.9. The summed E-state index contributed by atoms with van der Waals surface area (Å²) < 4.78 is 5.38. The predicted molar refractivity (Wildman–Crippen MR) is 67.7 cm³/mol. The maximum atomic E-state index is 11.9. The van der Waals surface area contributed by atoms with Gasteiger partial charge in [0.25, 0.3) is 0 Å². The fraction of sp³-hybridized carbons (Fsp3) is 0.929. The summed E-state index contributed by atoms with van der Waals surface area (Å²) in [4.78, 5) is 11.9. The molecular weight excluding hydrogens is 214 g/mol. The second kappa shape index (κ2) is 6.39. The van der Waals surface area contributed by atoms with Crippen LogP contribution >= 0.6 is 0 Å². The van der Waals surface area contributed by atoms with Crippen LogP contribution in [0.3, 0.4) is 0 Å². The van der Waals surface area contributed by atoms with E-state index in [9.17, 15) is 4.79 Å². The Hall–Kier alpha value is -0.570. The van der Waals surface area contributed by atoms with Crippen LogP contribution in [0.4, 0.5) is 0 Å². The van der Waals surface area contributed by atoms with Crippen LogP contribution < -0.4 is 5.32 Å². The van der Waals surface area contributed by atoms with E-state index in [0.29, 0.717) is 12.5 Å². The maximum Gasteiger partial charge on any atom is 0.323 e. The molecule has 3 unspecified atom stereocenters. The van der Waals surface area contributed by atoms with E-state index >= 15 is 0 Å². The summed E-state index contributed by atoms with van der Waals surface area (Å²) in [5.74, 6) is 1.28. The Labute approximate surface area is 104 Å². The Morgan fingerprint density at radius 1 is 1.29 bits per heavy atom. The summed E-state index contributed by atoms with van der Waals surface area (Å²) in [6.45, 7) is 3.81. The Kier molecular flexibility index (Phi) is 4.84. The number of carbonyl (C=O) groups is 1. The van der Waals surface area contributed by atoms with Gasteiger partial charge < -0.3 is 10.1 Å². The third kappa shape index (κ3) is 3.21. The standard InChI is InChI=1S/C14H25NO2/c1-2-3-4-5-9-17-14(16)13-12-8-6-7-11(12)10-15-13/h11-13,15H,2-10H2,1H3. The highest BCUT2D eigenvalue weighted by Gasteiger charge is 2.43. The summed E-state index contributed by atoms with van der Waals surface area (Å²) in [5, 5.41) is 3.34. The van der Waals surface area contributed by atoms with Crippen LogP contribution in [0.25, 0.3) is 0 Å². The van der Waals surface area contributed by atoms with E-state index in [1.807, 2.05) is 0 Å². The second-order valence-electron chi connectivity index (χ2n) is 5.47. The monoisotopic (exact) mass is 239 g/mol. The van der Waals surface area contributed by atoms with Crippen molar-refractivity contribution < 1.29 is 9.53 Å². The molecule has 1 aliphatic carbocycles. The Morgan fingerprint density at radius 3 is 3.00 bits per heavy atom. The molecule has 1 saturated carbocycles. The molecule has 1 heterocycles. The van der Waals surface area contributed by atoms with Gasteiger partial charge in [-0.15, -0.1) is 0 Å². The van der Waals surface area contributed by atoms with Crippen LogP contribution in [-0.4, -0.2) is 25.2 Å². The number of nitrogens with one attached hydrogen (secondary N) is 1. The first-order valence-electron chi connectivity index (χ1n) is 7.23. The molecule has 98 valence electrons. The zero-order valence-corrected chi connectivity index (χ0v) is 10.9. The highest BCUT2D eigenvalue weighted by atomic mass is 16.5. The number of hydrogen-bond donors (Lipinski definition) is 1. The molecule has 2 rings (SSSR count). The van der Waals surface area contributed by atoms with Crippen molar-refractivity contribution in [2.45, 2.75) is 57.9 Å². The molecule has 0 bridgehead atoms. The fourth-order valence-corrected chi connectivity index (χ4v) is 3.24. The molecule has 2 fully saturated rings. The number of ether oxygens (including phenoxy) is 1. The molecule has 1 saturated heterocycles. The van der Waals surface area contributed by atoms with Gasteiger partial charge in [-0.25, -0.2) is 0 Å². The molecule has 3 nitrogen and oxygen atoms in total. The van der Waals surface area contributed by atoms with Crippen molar-refractivity contribution in [3.8, 4) is 0 Å². The van der Waals surface area contributed by atoms with Crippen LogP contribution in [-0.2, 0) is 9.53 Å². The molecule has 2 aliphatic rings. The van der Waals surface area contributed by atoms with E-state index in [2.05, 4.69) is 12.2 Å². The highest BCUT2D eigenvalue weighted by molar-refractivity contribution is 5.76. The number of hydrogen-bond acceptors (Lipinski definition) is 3. The van der Waals surface area contributed by atoms with E-state index in [1.165, 1.54) is 38.5 Å². The van der Waals surface area contributed by atoms with Gasteiger partial charge >= 0.3 is 5.97 Å². The van der Waals surface area contributed by atoms with Crippen LogP contribution in [0.5, 0.6) is 0 Å². The first-order valence-corrected chi connectivity index (χ1v) is 7.23. The number of fused-ring (bicyclic) bond motifs is 1. The van der Waals surface area contributed by atoms with Gasteiger partial charge in [-0.2, -0.15) is 0 Å². The minimum absolute atomic E-state index is 0.00380. The van der Waals surface area contributed by atoms with Crippen molar-refractivity contribution >= 4 is 5.97 Å². The van der Waals surface area contributed by atoms with Gasteiger partial charge in [-0.1, -0.05) is 32.6 Å². The topological polar surface area (TPSA) is 38.3 Å². The van der Waals surface area contributed by atoms with Crippen LogP contribution in [0.15, 0.2) is 0 Å². The van der Waals surface area contributed by atoms with Crippen molar-refractivity contribution in [3.05, 3.63) is 0 Å². The quantitative estimate of drug-likeness (QED) is 0.571. The van der Waals surface area contributed by atoms with Crippen molar-refractivity contribution in [1.29, 1.82) is 0 Å². The molecule has 0 aromatic carbocycles. The number of esters is 1. The van der Waals surface area contributed by atoms with E-state index < -0.39 is 0 Å². The molecule has 1 aliphatic heterocycles. The van der Waals surface area contributed by atoms with E-state index in [4.69, 9.17) is 4.74 Å². The first kappa shape index (κ1) is 12.9. The van der Waals surface area contributed by atoms with E-state index in [1.54, 1.807) is 0 Å². The summed E-state index contributed by atoms with van der Waals surface area (Å²) in [7, 11) is 0. The normalized spacial score (nSPS) is 31.5. The van der Waals surface area contributed by atoms with Crippen molar-refractivity contribution in [1.82, 2.24) is 5.32 Å². The van der Waals surface area contributed by atoms with Gasteiger partial charge in [0.05, 0.1) is 6.61 Å². The Morgan fingerprint density at radius 2 is 2.18 bits per heavy atom. The SMILES string of the molecule is CCCCCCOC(=O)C1NCC2CCCC21. The van der Waals surface area contributed by atoms with Crippen LogP contribution in [0.1, 0.15) is 51.9 Å². The molecule has 1 N–H and O–H groups in total. The summed E-state index contributed by atoms with van der Waals surface area (Å²) in [5.41, 5.74) is 0. The lowest BCUT2D eigenvalue weighted by molar-refractivity contribution is -0.147. The molecule has 0 aromatic heterocycles. The zero-order valence-electron chi connectivity index (χ0n) is 10.9. The van der Waals surface area contributed by atoms with Gasteiger partial charge in [0.1, 0.15) is 6.04 Å². The average molecular weight is 239 g/mol. The molecule has 0 aromatic rings. The number of rotatable bonds is 6.